The second-order valence-corrected chi connectivity index (χ2v) is 40.2. The molecular weight excluding hydrogens is 1790 g/mol. The van der Waals surface area contributed by atoms with Crippen LogP contribution in [-0.2, 0) is 64.2 Å². The zero-order valence-corrected chi connectivity index (χ0v) is 81.0. The van der Waals surface area contributed by atoms with Gasteiger partial charge in [0.25, 0.3) is 0 Å². The van der Waals surface area contributed by atoms with E-state index >= 15 is 0 Å². The van der Waals surface area contributed by atoms with Crippen LogP contribution in [0, 0.1) is 0 Å². The summed E-state index contributed by atoms with van der Waals surface area (Å²) in [6, 6.07) is 140. The van der Waals surface area contributed by atoms with Crippen molar-refractivity contribution in [1.29, 1.82) is 0 Å². The number of hydrogen-bond acceptors (Lipinski definition) is 7. The Morgan fingerprint density at radius 3 is 1.38 bits per heavy atom. The van der Waals surface area contributed by atoms with Crippen LogP contribution in [0.2, 0.25) is 0 Å². The number of nitrogens with one attached hydrogen (secondary N) is 2. The Balaban J connectivity index is 0.0000000821. The number of hydrogen-bond donors (Lipinski definition) is 2. The van der Waals surface area contributed by atoms with Crippen LogP contribution in [0.25, 0.3) is 165 Å². The Hall–Kier alpha value is -17.2. The van der Waals surface area contributed by atoms with Crippen molar-refractivity contribution in [2.45, 2.75) is 64.2 Å². The molecule has 9 heteroatoms. The minimum atomic E-state index is 0.957. The number of rotatable bonds is 0. The molecule has 0 fully saturated rings. The average molecular weight is 1890 g/mol. The first-order valence-electron chi connectivity index (χ1n) is 49.8. The molecule has 686 valence electrons. The molecule has 0 bridgehead atoms. The Bertz CT molecular complexity index is 8270. The van der Waals surface area contributed by atoms with Gasteiger partial charge < -0.3 is 18.8 Å². The second kappa shape index (κ2) is 38.1. The van der Waals surface area contributed by atoms with Gasteiger partial charge in [0.15, 0.2) is 0 Å². The highest BCUT2D eigenvalue weighted by Crippen LogP contribution is 2.50. The summed E-state index contributed by atoms with van der Waals surface area (Å²) < 4.78 is 10.8. The molecule has 0 unspecified atom stereocenters. The van der Waals surface area contributed by atoms with Gasteiger partial charge in [-0.05, 0) is 298 Å². The van der Waals surface area contributed by atoms with Crippen LogP contribution in [0.3, 0.4) is 0 Å². The van der Waals surface area contributed by atoms with Crippen molar-refractivity contribution in [3.63, 3.8) is 0 Å². The standard InChI is InChI=1S/C21H14.3C16H11N.2C11H9N.2C11H8O.2C11H8S/c1-2-8-15-14(7-1)13-20-18-11-4-3-9-16(18)17-10-5-6-12-19(17)21(15)20;1-3-7-13-11(5-1)10-16-14(13)9-12-6-2-4-8-15(12)17-16;1-2-4-15-12(3-1)7-13-8-14-10-17-6-5-11(14)9-16(13)15;1-2-4-15-12(3-1)8-13-7-11-5-6-17-10-14(11)9-16(13)15;1-2-4-10-8(3-1)7-9-5-6-12-11(9)10;1-2-4-9-8(3-1)7-11-10(9)5-6-12-11;1-2-4-10-8(3-1)7-9-5-6-12-11(9)10;1-2-4-9-8(3-1)7-11-10(9)5-6-12-11;1-2-4-10-8(3-1)7-9-5-6-12-11(9)10;1-2-4-9-8(3-1)7-11-10(9)5-6-12-11/h1-12H,13H2;1-9H,10H2;1-6,8-10H,7H2;1-7,9-10H,8H2;2*1-6,12H,7H2;4*1-6H,7H2. The van der Waals surface area contributed by atoms with Crippen molar-refractivity contribution in [1.82, 2.24) is 24.9 Å². The number of benzene rings is 16. The van der Waals surface area contributed by atoms with Gasteiger partial charge >= 0.3 is 0 Å². The number of furan rings is 2. The van der Waals surface area contributed by atoms with Crippen molar-refractivity contribution in [2.75, 3.05) is 0 Å². The van der Waals surface area contributed by atoms with Crippen molar-refractivity contribution in [3.8, 4) is 111 Å². The maximum Gasteiger partial charge on any atom is 0.137 e. The van der Waals surface area contributed by atoms with Crippen molar-refractivity contribution >= 4 is 76.7 Å². The summed E-state index contributed by atoms with van der Waals surface area (Å²) >= 11 is 3.72. The first kappa shape index (κ1) is 87.1. The number of nitrogens with zero attached hydrogens (tertiary/aromatic N) is 3. The lowest BCUT2D eigenvalue weighted by Crippen LogP contribution is -1.87. The Kier molecular flexibility index (Phi) is 23.0. The molecule has 0 radical (unpaired) electrons. The van der Waals surface area contributed by atoms with E-state index in [1.54, 1.807) is 12.5 Å². The number of aromatic amines is 2. The van der Waals surface area contributed by atoms with Crippen molar-refractivity contribution < 1.29 is 8.83 Å². The summed E-state index contributed by atoms with van der Waals surface area (Å²) in [5.74, 6) is 2.17. The lowest BCUT2D eigenvalue weighted by Gasteiger charge is -2.12. The largest absolute Gasteiger partial charge is 0.468 e. The van der Waals surface area contributed by atoms with Crippen molar-refractivity contribution in [3.05, 3.63) is 566 Å². The second-order valence-electron chi connectivity index (χ2n) is 38.2. The predicted octanol–water partition coefficient (Wildman–Crippen LogP) is 34.5. The summed E-state index contributed by atoms with van der Waals surface area (Å²) in [6.07, 6.45) is 25.7. The van der Waals surface area contributed by atoms with Crippen LogP contribution in [0.5, 0.6) is 0 Å². The zero-order chi connectivity index (χ0) is 95.3. The number of para-hydroxylation sites is 1. The molecule has 0 atom stereocenters. The molecule has 9 aromatic heterocycles. The van der Waals surface area contributed by atoms with E-state index in [2.05, 4.69) is 413 Å². The van der Waals surface area contributed by atoms with Crippen LogP contribution in [0.1, 0.15) is 111 Å². The van der Waals surface area contributed by atoms with E-state index in [9.17, 15) is 0 Å². The molecule has 25 aromatic rings. The fourth-order valence-electron chi connectivity index (χ4n) is 23.0. The Morgan fingerprint density at radius 2 is 0.694 bits per heavy atom. The minimum Gasteiger partial charge on any atom is -0.468 e. The van der Waals surface area contributed by atoms with Gasteiger partial charge in [0.2, 0.25) is 0 Å². The minimum absolute atomic E-state index is 0.957. The van der Waals surface area contributed by atoms with Gasteiger partial charge in [0.05, 0.1) is 23.7 Å². The van der Waals surface area contributed by atoms with Crippen LogP contribution in [0.4, 0.5) is 0 Å². The summed E-state index contributed by atoms with van der Waals surface area (Å²) in [5.41, 5.74) is 51.3. The first-order valence-corrected chi connectivity index (χ1v) is 51.6. The van der Waals surface area contributed by atoms with Crippen molar-refractivity contribution in [2.24, 2.45) is 0 Å². The average Bonchev–Trinajstić information content (AvgIpc) is 1.57. The molecule has 0 spiro atoms. The fourth-order valence-corrected chi connectivity index (χ4v) is 24.9. The molecule has 2 N–H and O–H groups in total. The maximum atomic E-state index is 5.40. The van der Waals surface area contributed by atoms with E-state index in [0.717, 1.165) is 81.2 Å². The molecule has 0 aliphatic heterocycles. The van der Waals surface area contributed by atoms with Crippen LogP contribution >= 0.6 is 22.7 Å². The molecular formula is C135H97N5O2S2. The summed E-state index contributed by atoms with van der Waals surface area (Å²) in [6.45, 7) is 0. The monoisotopic (exact) mass is 1880 g/mol. The van der Waals surface area contributed by atoms with Gasteiger partial charge in [0.1, 0.15) is 11.5 Å². The molecule has 10 aliphatic rings. The van der Waals surface area contributed by atoms with Gasteiger partial charge in [0, 0.05) is 146 Å². The molecule has 35 rings (SSSR count). The SMILES string of the molecule is c1ccc2c(c1)Cc1[nH]ccc1-2.c1ccc2c(c1)Cc1c-2c2ccccc2c2ccccc12.c1ccc2c(c1)Cc1cc3ccncc3cc1-2.c1ccc2c(c1)Cc1cc3cnccc3cc1-2.c1ccc2c(c1)Cc1cc[nH]c1-2.c1ccc2c(c1)Cc1ccoc1-2.c1ccc2c(c1)Cc1ccsc1-2.c1ccc2c(c1)Cc1nc3ccccc3cc1-2.c1ccc2c(c1)Cc1occc1-2.c1ccc2c(c1)Cc1sccc1-2. The molecule has 9 heterocycles. The van der Waals surface area contributed by atoms with Crippen LogP contribution in [-0.4, -0.2) is 24.9 Å². The van der Waals surface area contributed by atoms with E-state index in [4.69, 9.17) is 13.8 Å². The molecule has 0 amide bonds. The van der Waals surface area contributed by atoms with Gasteiger partial charge in [-0.3, -0.25) is 15.0 Å². The van der Waals surface area contributed by atoms with E-state index in [1.807, 2.05) is 72.0 Å². The van der Waals surface area contributed by atoms with E-state index in [-0.39, 0.29) is 0 Å². The normalized spacial score (nSPS) is 12.6. The third kappa shape index (κ3) is 16.6. The third-order valence-electron chi connectivity index (χ3n) is 29.9. The first-order chi connectivity index (χ1) is 71.4. The molecule has 16 aromatic carbocycles. The smallest absolute Gasteiger partial charge is 0.137 e. The van der Waals surface area contributed by atoms with Crippen LogP contribution < -0.4 is 0 Å². The highest BCUT2D eigenvalue weighted by atomic mass is 32.1. The van der Waals surface area contributed by atoms with E-state index in [0.29, 0.717) is 0 Å². The van der Waals surface area contributed by atoms with Gasteiger partial charge in [-0.1, -0.05) is 315 Å². The third-order valence-corrected chi connectivity index (χ3v) is 31.8. The lowest BCUT2D eigenvalue weighted by molar-refractivity contribution is 0.525. The Morgan fingerprint density at radius 1 is 0.243 bits per heavy atom. The lowest BCUT2D eigenvalue weighted by atomic mass is 9.92. The topological polar surface area (TPSA) is 96.5 Å². The highest BCUT2D eigenvalue weighted by Gasteiger charge is 2.29. The van der Waals surface area contributed by atoms with Gasteiger partial charge in [-0.25, -0.2) is 0 Å². The molecule has 144 heavy (non-hydrogen) atoms. The zero-order valence-electron chi connectivity index (χ0n) is 79.3. The number of thiophene rings is 2. The van der Waals surface area contributed by atoms with Gasteiger partial charge in [-0.2, -0.15) is 0 Å². The Labute approximate surface area is 845 Å². The van der Waals surface area contributed by atoms with E-state index < -0.39 is 0 Å². The molecule has 0 saturated heterocycles. The number of fused-ring (bicyclic) bond motifs is 38. The quantitative estimate of drug-likeness (QED) is 0.148. The molecule has 7 nitrogen and oxygen atoms in total. The summed E-state index contributed by atoms with van der Waals surface area (Å²) in [7, 11) is 0. The van der Waals surface area contributed by atoms with Gasteiger partial charge in [-0.15, -0.1) is 22.7 Å². The maximum absolute atomic E-state index is 5.40. The van der Waals surface area contributed by atoms with E-state index in [1.165, 1.54) is 259 Å². The molecule has 10 aliphatic carbocycles. The molecule has 0 saturated carbocycles. The summed E-state index contributed by atoms with van der Waals surface area (Å²) in [5, 5.41) is 16.1. The number of aromatic nitrogens is 5. The fraction of sp³-hybridized carbons (Fsp3) is 0.0741. The number of pyridine rings is 3. The predicted molar refractivity (Wildman–Crippen MR) is 597 cm³/mol. The summed E-state index contributed by atoms with van der Waals surface area (Å²) in [4.78, 5) is 22.7. The highest BCUT2D eigenvalue weighted by molar-refractivity contribution is 7.14. The van der Waals surface area contributed by atoms with Crippen LogP contribution in [0.15, 0.2) is 464 Å². The number of H-pyrrole nitrogens is 2.